The van der Waals surface area contributed by atoms with Gasteiger partial charge in [0, 0.05) is 42.4 Å². The van der Waals surface area contributed by atoms with Gasteiger partial charge < -0.3 is 23.5 Å². The number of alkyl halides is 2. The predicted molar refractivity (Wildman–Crippen MR) is 157 cm³/mol. The molecule has 5 rings (SSSR count). The molecule has 2 aromatic heterocycles. The fraction of sp³-hybridized carbons (Fsp3) is 0.387. The highest BCUT2D eigenvalue weighted by Crippen LogP contribution is 2.33. The van der Waals surface area contributed by atoms with Crippen LogP contribution >= 0.6 is 11.6 Å². The van der Waals surface area contributed by atoms with Crippen molar-refractivity contribution < 1.29 is 36.9 Å². The van der Waals surface area contributed by atoms with Crippen LogP contribution in [0.3, 0.4) is 0 Å². The quantitative estimate of drug-likeness (QED) is 0.183. The number of aryl methyl sites for hydroxylation is 1. The van der Waals surface area contributed by atoms with E-state index in [0.717, 1.165) is 38.7 Å². The molecular formula is C31H32ClF3N4O5. The zero-order valence-corrected chi connectivity index (χ0v) is 25.2. The summed E-state index contributed by atoms with van der Waals surface area (Å²) in [6.07, 6.45) is -1.97. The van der Waals surface area contributed by atoms with Gasteiger partial charge in [0.05, 0.1) is 24.7 Å². The summed E-state index contributed by atoms with van der Waals surface area (Å²) in [6.45, 7) is 1.03. The van der Waals surface area contributed by atoms with E-state index in [1.165, 1.54) is 19.2 Å². The average molecular weight is 633 g/mol. The second-order valence-electron chi connectivity index (χ2n) is 10.6. The van der Waals surface area contributed by atoms with Crippen LogP contribution < -0.4 is 9.47 Å². The van der Waals surface area contributed by atoms with E-state index in [0.29, 0.717) is 34.4 Å². The number of carbonyl (C=O) groups excluding carboxylic acids is 1. The topological polar surface area (TPSA) is 87.9 Å². The molecule has 0 N–H and O–H groups in total. The maximum atomic E-state index is 14.3. The molecule has 0 radical (unpaired) electrons. The number of halogens is 4. The molecule has 9 nitrogen and oxygen atoms in total. The lowest BCUT2D eigenvalue weighted by atomic mass is 9.93. The van der Waals surface area contributed by atoms with Crippen LogP contribution in [0.25, 0.3) is 11.0 Å². The van der Waals surface area contributed by atoms with Crippen molar-refractivity contribution in [3.05, 3.63) is 82.0 Å². The van der Waals surface area contributed by atoms with Crippen LogP contribution in [0.1, 0.15) is 46.2 Å². The molecule has 0 unspecified atom stereocenters. The van der Waals surface area contributed by atoms with Crippen molar-refractivity contribution in [1.29, 1.82) is 0 Å². The van der Waals surface area contributed by atoms with Crippen LogP contribution in [0.4, 0.5) is 13.2 Å². The SMILES string of the molecule is COCC(F)(F)Oc1cc(C(=O)OC)cc2c1nc(CN1CCC(c3cccc(OCc4ccc(Cl)cc4F)n3)CC1)n2C. The van der Waals surface area contributed by atoms with Gasteiger partial charge in [-0.25, -0.2) is 19.2 Å². The van der Waals surface area contributed by atoms with Gasteiger partial charge in [-0.15, -0.1) is 0 Å². The maximum Gasteiger partial charge on any atom is 0.421 e. The molecular weight excluding hydrogens is 601 g/mol. The summed E-state index contributed by atoms with van der Waals surface area (Å²) >= 11 is 5.83. The van der Waals surface area contributed by atoms with Gasteiger partial charge in [0.2, 0.25) is 5.88 Å². The van der Waals surface area contributed by atoms with Gasteiger partial charge in [-0.05, 0) is 56.3 Å². The van der Waals surface area contributed by atoms with Gasteiger partial charge in [-0.3, -0.25) is 4.90 Å². The summed E-state index contributed by atoms with van der Waals surface area (Å²) in [7, 11) is 4.12. The monoisotopic (exact) mass is 632 g/mol. The summed E-state index contributed by atoms with van der Waals surface area (Å²) in [6, 6.07) is 12.8. The van der Waals surface area contributed by atoms with Crippen LogP contribution in [-0.4, -0.2) is 65.4 Å². The maximum absolute atomic E-state index is 14.3. The summed E-state index contributed by atoms with van der Waals surface area (Å²) in [5, 5.41) is 0.322. The predicted octanol–water partition coefficient (Wildman–Crippen LogP) is 6.12. The molecule has 13 heteroatoms. The molecule has 2 aromatic carbocycles. The van der Waals surface area contributed by atoms with Crippen LogP contribution in [0.5, 0.6) is 11.6 Å². The zero-order valence-electron chi connectivity index (χ0n) is 24.5. The minimum absolute atomic E-state index is 0.0355. The highest BCUT2D eigenvalue weighted by Gasteiger charge is 2.34. The normalized spacial score (nSPS) is 14.6. The van der Waals surface area contributed by atoms with E-state index in [-0.39, 0.29) is 29.4 Å². The third-order valence-corrected chi connectivity index (χ3v) is 7.78. The van der Waals surface area contributed by atoms with Crippen molar-refractivity contribution in [2.45, 2.75) is 38.0 Å². The van der Waals surface area contributed by atoms with E-state index < -0.39 is 24.5 Å². The number of likely N-dealkylation sites (tertiary alicyclic amines) is 1. The highest BCUT2D eigenvalue weighted by atomic mass is 35.5. The van der Waals surface area contributed by atoms with Crippen molar-refractivity contribution >= 4 is 28.6 Å². The number of methoxy groups -OCH3 is 2. The fourth-order valence-electron chi connectivity index (χ4n) is 5.23. The molecule has 44 heavy (non-hydrogen) atoms. The molecule has 1 aliphatic rings. The Balaban J connectivity index is 1.26. The number of rotatable bonds is 11. The van der Waals surface area contributed by atoms with Gasteiger partial charge in [-0.1, -0.05) is 23.7 Å². The first kappa shape index (κ1) is 31.6. The number of ether oxygens (including phenoxy) is 4. The zero-order chi connectivity index (χ0) is 31.4. The average Bonchev–Trinajstić information content (AvgIpc) is 3.31. The van der Waals surface area contributed by atoms with Crippen molar-refractivity contribution in [3.63, 3.8) is 0 Å². The van der Waals surface area contributed by atoms with Crippen LogP contribution in [0.15, 0.2) is 48.5 Å². The number of hydrogen-bond donors (Lipinski definition) is 0. The number of esters is 1. The molecule has 1 saturated heterocycles. The number of hydrogen-bond acceptors (Lipinski definition) is 8. The minimum Gasteiger partial charge on any atom is -0.473 e. The van der Waals surface area contributed by atoms with E-state index in [2.05, 4.69) is 19.6 Å². The second kappa shape index (κ2) is 13.4. The molecule has 0 aliphatic carbocycles. The van der Waals surface area contributed by atoms with E-state index in [1.54, 1.807) is 35.9 Å². The lowest BCUT2D eigenvalue weighted by Crippen LogP contribution is -2.33. The number of benzene rings is 2. The summed E-state index contributed by atoms with van der Waals surface area (Å²) in [5.41, 5.74) is 2.02. The molecule has 234 valence electrons. The molecule has 0 bridgehead atoms. The smallest absolute Gasteiger partial charge is 0.421 e. The van der Waals surface area contributed by atoms with Gasteiger partial charge in [0.25, 0.3) is 0 Å². The van der Waals surface area contributed by atoms with E-state index >= 15 is 0 Å². The number of pyridine rings is 1. The molecule has 1 aliphatic heterocycles. The Morgan fingerprint density at radius 3 is 2.57 bits per heavy atom. The van der Waals surface area contributed by atoms with Crippen molar-refractivity contribution in [2.24, 2.45) is 7.05 Å². The van der Waals surface area contributed by atoms with Gasteiger partial charge in [0.15, 0.2) is 5.75 Å². The lowest BCUT2D eigenvalue weighted by molar-refractivity contribution is -0.205. The number of nitrogens with zero attached hydrogens (tertiary/aromatic N) is 4. The lowest BCUT2D eigenvalue weighted by Gasteiger charge is -2.31. The first-order valence-corrected chi connectivity index (χ1v) is 14.3. The van der Waals surface area contributed by atoms with Crippen molar-refractivity contribution in [3.8, 4) is 11.6 Å². The Bertz CT molecular complexity index is 1640. The third-order valence-electron chi connectivity index (χ3n) is 7.54. The molecule has 3 heterocycles. The Labute approximate surface area is 257 Å². The number of carbonyl (C=O) groups is 1. The first-order chi connectivity index (χ1) is 21.1. The van der Waals surface area contributed by atoms with Crippen LogP contribution in [-0.2, 0) is 29.7 Å². The molecule has 1 fully saturated rings. The summed E-state index contributed by atoms with van der Waals surface area (Å²) < 4.78 is 64.7. The van der Waals surface area contributed by atoms with Gasteiger partial charge in [0.1, 0.15) is 30.4 Å². The van der Waals surface area contributed by atoms with Crippen molar-refractivity contribution in [1.82, 2.24) is 19.4 Å². The number of piperidine rings is 1. The Hall–Kier alpha value is -3.87. The third kappa shape index (κ3) is 7.25. The Morgan fingerprint density at radius 1 is 1.09 bits per heavy atom. The minimum atomic E-state index is -3.63. The Kier molecular flexibility index (Phi) is 9.62. The van der Waals surface area contributed by atoms with Gasteiger partial charge in [-0.2, -0.15) is 8.78 Å². The van der Waals surface area contributed by atoms with Crippen LogP contribution in [0.2, 0.25) is 5.02 Å². The molecule has 0 atom stereocenters. The molecule has 0 amide bonds. The summed E-state index contributed by atoms with van der Waals surface area (Å²) in [5.74, 6) is -0.108. The van der Waals surface area contributed by atoms with E-state index in [1.807, 2.05) is 12.1 Å². The number of fused-ring (bicyclic) bond motifs is 1. The largest absolute Gasteiger partial charge is 0.473 e. The van der Waals surface area contributed by atoms with Crippen LogP contribution in [0, 0.1) is 5.82 Å². The first-order valence-electron chi connectivity index (χ1n) is 14.0. The van der Waals surface area contributed by atoms with Gasteiger partial charge >= 0.3 is 12.1 Å². The summed E-state index contributed by atoms with van der Waals surface area (Å²) in [4.78, 5) is 23.8. The molecule has 4 aromatic rings. The standard InChI is InChI=1S/C31H32ClF3N4O5/c1-38-25-13-21(30(40)42-3)14-26(44-31(34,35)18-41-2)29(25)37-27(38)16-39-11-9-19(10-12-39)24-5-4-6-28(36-24)43-17-20-7-8-22(32)15-23(20)33/h4-8,13-15,19H,9-12,16-18H2,1-3H3. The molecule has 0 saturated carbocycles. The highest BCUT2D eigenvalue weighted by molar-refractivity contribution is 6.30. The molecule has 0 spiro atoms. The fourth-order valence-corrected chi connectivity index (χ4v) is 5.39. The number of imidazole rings is 1. The Morgan fingerprint density at radius 2 is 1.86 bits per heavy atom. The van der Waals surface area contributed by atoms with Crippen molar-refractivity contribution in [2.75, 3.05) is 33.9 Å². The number of aromatic nitrogens is 3. The van der Waals surface area contributed by atoms with E-state index in [9.17, 15) is 18.0 Å². The van der Waals surface area contributed by atoms with E-state index in [4.69, 9.17) is 25.8 Å². The second-order valence-corrected chi connectivity index (χ2v) is 11.0.